The number of carbonyl (C=O) groups is 2. The lowest BCUT2D eigenvalue weighted by molar-refractivity contribution is -0.121. The molecule has 86 valence electrons. The van der Waals surface area contributed by atoms with E-state index in [1.165, 1.54) is 6.92 Å². The van der Waals surface area contributed by atoms with Crippen LogP contribution in [0.4, 0.5) is 0 Å². The van der Waals surface area contributed by atoms with Gasteiger partial charge in [0, 0.05) is 5.56 Å². The summed E-state index contributed by atoms with van der Waals surface area (Å²) in [4.78, 5) is 22.6. The van der Waals surface area contributed by atoms with E-state index < -0.39 is 11.3 Å². The van der Waals surface area contributed by atoms with Crippen LogP contribution in [0.3, 0.4) is 0 Å². The molecule has 2 N–H and O–H groups in total. The summed E-state index contributed by atoms with van der Waals surface area (Å²) in [6, 6.07) is 7.05. The molecule has 0 fully saturated rings. The van der Waals surface area contributed by atoms with Crippen molar-refractivity contribution in [2.75, 3.05) is 0 Å². The third kappa shape index (κ3) is 3.55. The normalized spacial score (nSPS) is 11.7. The lowest BCUT2D eigenvalue weighted by atomic mass is 10.1. The van der Waals surface area contributed by atoms with Crippen molar-refractivity contribution in [3.63, 3.8) is 0 Å². The zero-order valence-corrected chi connectivity index (χ0v) is 9.84. The van der Waals surface area contributed by atoms with Gasteiger partial charge in [-0.15, -0.1) is 11.6 Å². The molecule has 0 aliphatic rings. The van der Waals surface area contributed by atoms with Gasteiger partial charge < -0.3 is 0 Å². The molecule has 1 aromatic carbocycles. The van der Waals surface area contributed by atoms with Gasteiger partial charge in [-0.25, -0.2) is 0 Å². The molecule has 0 aliphatic carbocycles. The number of halogens is 1. The fourth-order valence-electron chi connectivity index (χ4n) is 1.08. The van der Waals surface area contributed by atoms with E-state index in [0.29, 0.717) is 5.56 Å². The lowest BCUT2D eigenvalue weighted by Crippen LogP contribution is -2.44. The first-order valence-electron chi connectivity index (χ1n) is 4.81. The minimum atomic E-state index is -0.683. The highest BCUT2D eigenvalue weighted by Gasteiger charge is 2.10. The number of nitrogens with one attached hydrogen (secondary N) is 2. The lowest BCUT2D eigenvalue weighted by Gasteiger charge is -2.08. The number of benzene rings is 1. The summed E-state index contributed by atoms with van der Waals surface area (Å²) in [6.07, 6.45) is 0. The molecule has 0 saturated heterocycles. The summed E-state index contributed by atoms with van der Waals surface area (Å²) in [5.41, 5.74) is 5.98. The van der Waals surface area contributed by atoms with Crippen molar-refractivity contribution in [2.24, 2.45) is 0 Å². The summed E-state index contributed by atoms with van der Waals surface area (Å²) in [6.45, 7) is 3.41. The Labute approximate surface area is 99.0 Å². The van der Waals surface area contributed by atoms with Crippen molar-refractivity contribution in [2.45, 2.75) is 19.2 Å². The highest BCUT2D eigenvalue weighted by molar-refractivity contribution is 6.30. The van der Waals surface area contributed by atoms with Crippen LogP contribution in [0.1, 0.15) is 22.8 Å². The van der Waals surface area contributed by atoms with Crippen LogP contribution < -0.4 is 10.9 Å². The van der Waals surface area contributed by atoms with Gasteiger partial charge >= 0.3 is 0 Å². The molecule has 0 unspecified atom stereocenters. The highest BCUT2D eigenvalue weighted by atomic mass is 35.5. The minimum Gasteiger partial charge on any atom is -0.272 e. The maximum atomic E-state index is 11.6. The Balaban J connectivity index is 2.57. The fraction of sp³-hybridized carbons (Fsp3) is 0.273. The summed E-state index contributed by atoms with van der Waals surface area (Å²) in [5, 5.41) is -0.683. The molecule has 0 spiro atoms. The van der Waals surface area contributed by atoms with Crippen LogP contribution in [0.15, 0.2) is 24.3 Å². The highest BCUT2D eigenvalue weighted by Crippen LogP contribution is 2.03. The molecule has 0 radical (unpaired) electrons. The van der Waals surface area contributed by atoms with Crippen molar-refractivity contribution in [1.29, 1.82) is 0 Å². The number of hydrazine groups is 1. The number of alkyl halides is 1. The van der Waals surface area contributed by atoms with Crippen LogP contribution in [0.2, 0.25) is 0 Å². The SMILES string of the molecule is Cc1cccc(C(=O)NNC(=O)[C@H](C)Cl)c1. The van der Waals surface area contributed by atoms with Gasteiger partial charge in [0.2, 0.25) is 0 Å². The molecule has 0 bridgehead atoms. The molecule has 0 heterocycles. The van der Waals surface area contributed by atoms with Crippen LogP contribution in [-0.2, 0) is 4.79 Å². The zero-order valence-electron chi connectivity index (χ0n) is 9.08. The quantitative estimate of drug-likeness (QED) is 0.606. The van der Waals surface area contributed by atoms with Gasteiger partial charge in [0.1, 0.15) is 5.38 Å². The first kappa shape index (κ1) is 12.5. The van der Waals surface area contributed by atoms with E-state index in [4.69, 9.17) is 11.6 Å². The molecule has 0 aliphatic heterocycles. The van der Waals surface area contributed by atoms with Crippen LogP contribution in [0.5, 0.6) is 0 Å². The van der Waals surface area contributed by atoms with Gasteiger partial charge in [-0.05, 0) is 26.0 Å². The topological polar surface area (TPSA) is 58.2 Å². The van der Waals surface area contributed by atoms with Crippen molar-refractivity contribution in [1.82, 2.24) is 10.9 Å². The number of hydrogen-bond acceptors (Lipinski definition) is 2. The maximum absolute atomic E-state index is 11.6. The second-order valence-corrected chi connectivity index (χ2v) is 4.08. The van der Waals surface area contributed by atoms with E-state index in [1.54, 1.807) is 18.2 Å². The standard InChI is InChI=1S/C11H13ClN2O2/c1-7-4-3-5-9(6-7)11(16)14-13-10(15)8(2)12/h3-6,8H,1-2H3,(H,13,15)(H,14,16)/t8-/m0/s1. The Kier molecular flexibility index (Phi) is 4.31. The molecule has 2 amide bonds. The van der Waals surface area contributed by atoms with Crippen LogP contribution in [-0.4, -0.2) is 17.2 Å². The van der Waals surface area contributed by atoms with Crippen LogP contribution >= 0.6 is 11.6 Å². The monoisotopic (exact) mass is 240 g/mol. The van der Waals surface area contributed by atoms with Gasteiger partial charge in [-0.1, -0.05) is 17.7 Å². The van der Waals surface area contributed by atoms with Gasteiger partial charge in [-0.2, -0.15) is 0 Å². The molecule has 1 aromatic rings. The van der Waals surface area contributed by atoms with E-state index in [9.17, 15) is 9.59 Å². The van der Waals surface area contributed by atoms with Crippen molar-refractivity contribution >= 4 is 23.4 Å². The smallest absolute Gasteiger partial charge is 0.269 e. The molecule has 1 rings (SSSR count). The average molecular weight is 241 g/mol. The third-order valence-corrected chi connectivity index (χ3v) is 2.14. The van der Waals surface area contributed by atoms with E-state index >= 15 is 0 Å². The summed E-state index contributed by atoms with van der Waals surface area (Å²) in [7, 11) is 0. The van der Waals surface area contributed by atoms with Gasteiger partial charge in [0.05, 0.1) is 0 Å². The van der Waals surface area contributed by atoms with E-state index in [-0.39, 0.29) is 5.91 Å². The molecule has 1 atom stereocenters. The maximum Gasteiger partial charge on any atom is 0.269 e. The fourth-order valence-corrected chi connectivity index (χ4v) is 1.13. The predicted octanol–water partition coefficient (Wildman–Crippen LogP) is 1.38. The second kappa shape index (κ2) is 5.51. The number of amides is 2. The average Bonchev–Trinajstić information content (AvgIpc) is 2.25. The number of rotatable bonds is 2. The first-order chi connectivity index (χ1) is 7.50. The summed E-state index contributed by atoms with van der Waals surface area (Å²) >= 11 is 5.52. The van der Waals surface area contributed by atoms with E-state index in [1.807, 2.05) is 13.0 Å². The van der Waals surface area contributed by atoms with Gasteiger partial charge in [0.15, 0.2) is 0 Å². The van der Waals surface area contributed by atoms with Crippen LogP contribution in [0.25, 0.3) is 0 Å². The Hall–Kier alpha value is -1.55. The Morgan fingerprint density at radius 3 is 2.56 bits per heavy atom. The molecule has 0 saturated carbocycles. The summed E-state index contributed by atoms with van der Waals surface area (Å²) in [5.74, 6) is -0.808. The Bertz CT molecular complexity index is 405. The molecule has 0 aromatic heterocycles. The van der Waals surface area contributed by atoms with E-state index in [0.717, 1.165) is 5.56 Å². The first-order valence-corrected chi connectivity index (χ1v) is 5.25. The molecule has 4 nitrogen and oxygen atoms in total. The number of aryl methyl sites for hydroxylation is 1. The van der Waals surface area contributed by atoms with Crippen molar-refractivity contribution < 1.29 is 9.59 Å². The predicted molar refractivity (Wildman–Crippen MR) is 62.1 cm³/mol. The number of carbonyl (C=O) groups excluding carboxylic acids is 2. The Morgan fingerprint density at radius 2 is 2.00 bits per heavy atom. The third-order valence-electron chi connectivity index (χ3n) is 1.94. The summed E-state index contributed by atoms with van der Waals surface area (Å²) < 4.78 is 0. The van der Waals surface area contributed by atoms with Crippen LogP contribution in [0, 0.1) is 6.92 Å². The van der Waals surface area contributed by atoms with Gasteiger partial charge in [-0.3, -0.25) is 20.4 Å². The largest absolute Gasteiger partial charge is 0.272 e. The zero-order chi connectivity index (χ0) is 12.1. The van der Waals surface area contributed by atoms with Gasteiger partial charge in [0.25, 0.3) is 11.8 Å². The Morgan fingerprint density at radius 1 is 1.31 bits per heavy atom. The minimum absolute atomic E-state index is 0.366. The molecular formula is C11H13ClN2O2. The molecular weight excluding hydrogens is 228 g/mol. The van der Waals surface area contributed by atoms with E-state index in [2.05, 4.69) is 10.9 Å². The van der Waals surface area contributed by atoms with Crippen molar-refractivity contribution in [3.05, 3.63) is 35.4 Å². The molecule has 5 heteroatoms. The second-order valence-electron chi connectivity index (χ2n) is 3.43. The number of hydrogen-bond donors (Lipinski definition) is 2. The van der Waals surface area contributed by atoms with Crippen molar-refractivity contribution in [3.8, 4) is 0 Å². The molecule has 16 heavy (non-hydrogen) atoms.